The van der Waals surface area contributed by atoms with E-state index in [0.717, 1.165) is 10.9 Å². The van der Waals surface area contributed by atoms with Crippen molar-refractivity contribution in [1.29, 1.82) is 0 Å². The van der Waals surface area contributed by atoms with Gasteiger partial charge in [-0.1, -0.05) is 18.2 Å². The lowest BCUT2D eigenvalue weighted by Gasteiger charge is -2.24. The first-order valence-electron chi connectivity index (χ1n) is 10.3. The number of carbonyl (C=O) groups excluding carboxylic acids is 4. The molecule has 1 unspecified atom stereocenters. The first-order valence-corrected chi connectivity index (χ1v) is 10.3. The zero-order chi connectivity index (χ0) is 24.8. The Labute approximate surface area is 191 Å². The number of aldehydes is 1. The Kier molecular flexibility index (Phi) is 8.16. The maximum atomic E-state index is 12.7. The van der Waals surface area contributed by atoms with E-state index in [1.165, 1.54) is 6.92 Å². The van der Waals surface area contributed by atoms with Crippen molar-refractivity contribution in [2.75, 3.05) is 0 Å². The molecule has 0 fully saturated rings. The summed E-state index contributed by atoms with van der Waals surface area (Å²) in [7, 11) is 1.76. The molecule has 0 saturated heterocycles. The van der Waals surface area contributed by atoms with Gasteiger partial charge in [0.15, 0.2) is 0 Å². The minimum absolute atomic E-state index is 0.00545. The smallest absolute Gasteiger partial charge is 0.332 e. The molecule has 0 aliphatic heterocycles. The van der Waals surface area contributed by atoms with Gasteiger partial charge in [-0.15, -0.1) is 5.10 Å². The van der Waals surface area contributed by atoms with Crippen LogP contribution in [0.5, 0.6) is 0 Å². The van der Waals surface area contributed by atoms with Crippen molar-refractivity contribution in [1.82, 2.24) is 20.6 Å². The van der Waals surface area contributed by atoms with Gasteiger partial charge in [0.25, 0.3) is 5.91 Å². The van der Waals surface area contributed by atoms with Crippen LogP contribution in [0.4, 0.5) is 4.79 Å². The highest BCUT2D eigenvalue weighted by Crippen LogP contribution is 2.18. The fourth-order valence-electron chi connectivity index (χ4n) is 3.05. The Bertz CT molecular complexity index is 1070. The molecule has 4 amide bonds. The number of rotatable bonds is 8. The van der Waals surface area contributed by atoms with Gasteiger partial charge in [0.2, 0.25) is 11.8 Å². The van der Waals surface area contributed by atoms with E-state index in [2.05, 4.69) is 15.7 Å². The highest BCUT2D eigenvalue weighted by atomic mass is 16.5. The third kappa shape index (κ3) is 7.34. The van der Waals surface area contributed by atoms with Gasteiger partial charge < -0.3 is 30.5 Å². The van der Waals surface area contributed by atoms with Crippen molar-refractivity contribution >= 4 is 40.9 Å². The minimum atomic E-state index is -1.01. The van der Waals surface area contributed by atoms with Gasteiger partial charge in [-0.2, -0.15) is 0 Å². The molecule has 2 atom stereocenters. The summed E-state index contributed by atoms with van der Waals surface area (Å²) >= 11 is 0. The first kappa shape index (κ1) is 25.4. The number of amides is 4. The SMILES string of the molecule is C[C@H](NC(=O)c1cc2ccccc2n1C)C(=O)NC(C=O)CC(=NNC(N)=O)OC(C)(C)C. The first-order chi connectivity index (χ1) is 15.4. The van der Waals surface area contributed by atoms with Crippen molar-refractivity contribution in [3.05, 3.63) is 36.0 Å². The molecule has 1 heterocycles. The molecule has 0 bridgehead atoms. The normalized spacial score (nSPS) is 13.7. The Morgan fingerprint density at radius 3 is 2.45 bits per heavy atom. The van der Waals surface area contributed by atoms with Crippen LogP contribution in [0.1, 0.15) is 44.6 Å². The maximum Gasteiger partial charge on any atom is 0.332 e. The van der Waals surface area contributed by atoms with E-state index in [9.17, 15) is 19.2 Å². The second-order valence-electron chi connectivity index (χ2n) is 8.49. The van der Waals surface area contributed by atoms with Gasteiger partial charge >= 0.3 is 6.03 Å². The summed E-state index contributed by atoms with van der Waals surface area (Å²) in [4.78, 5) is 47.8. The van der Waals surface area contributed by atoms with Gasteiger partial charge in [-0.05, 0) is 39.8 Å². The number of urea groups is 1. The lowest BCUT2D eigenvalue weighted by atomic mass is 10.1. The fourth-order valence-corrected chi connectivity index (χ4v) is 3.05. The Morgan fingerprint density at radius 2 is 1.88 bits per heavy atom. The number of hydrazone groups is 1. The zero-order valence-electron chi connectivity index (χ0n) is 19.3. The predicted octanol–water partition coefficient (Wildman–Crippen LogP) is 1.17. The number of primary amides is 1. The summed E-state index contributed by atoms with van der Waals surface area (Å²) in [5.74, 6) is -0.994. The number of ether oxygens (including phenoxy) is 1. The van der Waals surface area contributed by atoms with Crippen LogP contribution < -0.4 is 21.8 Å². The fraction of sp³-hybridized carbons (Fsp3) is 0.409. The summed E-state index contributed by atoms with van der Waals surface area (Å²) in [6.45, 7) is 6.77. The van der Waals surface area contributed by atoms with Crippen molar-refractivity contribution in [2.24, 2.45) is 17.9 Å². The molecule has 2 aromatic rings. The molecule has 33 heavy (non-hydrogen) atoms. The molecule has 11 heteroatoms. The van der Waals surface area contributed by atoms with Gasteiger partial charge in [0.1, 0.15) is 23.6 Å². The minimum Gasteiger partial charge on any atom is -0.474 e. The number of para-hydroxylation sites is 1. The number of nitrogens with one attached hydrogen (secondary N) is 3. The van der Waals surface area contributed by atoms with E-state index in [0.29, 0.717) is 12.0 Å². The zero-order valence-corrected chi connectivity index (χ0v) is 19.3. The van der Waals surface area contributed by atoms with Crippen LogP contribution in [-0.4, -0.2) is 52.3 Å². The van der Waals surface area contributed by atoms with Gasteiger partial charge in [-0.3, -0.25) is 9.59 Å². The number of fused-ring (bicyclic) bond motifs is 1. The summed E-state index contributed by atoms with van der Waals surface area (Å²) in [5, 5.41) is 9.83. The van der Waals surface area contributed by atoms with E-state index >= 15 is 0 Å². The van der Waals surface area contributed by atoms with Crippen molar-refractivity contribution < 1.29 is 23.9 Å². The number of benzene rings is 1. The number of nitrogens with zero attached hydrogens (tertiary/aromatic N) is 2. The summed E-state index contributed by atoms with van der Waals surface area (Å²) in [6, 6.07) is 6.43. The number of aromatic nitrogens is 1. The Morgan fingerprint density at radius 1 is 1.21 bits per heavy atom. The van der Waals surface area contributed by atoms with E-state index in [-0.39, 0.29) is 12.3 Å². The Hall–Kier alpha value is -3.89. The summed E-state index contributed by atoms with van der Waals surface area (Å²) in [6.07, 6.45) is 0.388. The molecule has 1 aromatic carbocycles. The second kappa shape index (κ2) is 10.6. The number of nitrogens with two attached hydrogens (primary N) is 1. The molecule has 5 N–H and O–H groups in total. The van der Waals surface area contributed by atoms with Gasteiger partial charge in [0, 0.05) is 18.0 Å². The Balaban J connectivity index is 2.05. The second-order valence-corrected chi connectivity index (χ2v) is 8.49. The number of hydrogen-bond acceptors (Lipinski definition) is 6. The average molecular weight is 459 g/mol. The highest BCUT2D eigenvalue weighted by molar-refractivity contribution is 6.01. The largest absolute Gasteiger partial charge is 0.474 e. The standard InChI is InChI=1S/C22H30N6O5/c1-13(24-20(31)17-10-14-8-6-7-9-16(14)28(17)5)19(30)25-15(12-29)11-18(26-27-21(23)32)33-22(2,3)4/h6-10,12-13,15H,11H2,1-5H3,(H,24,31)(H,25,30)(H3,23,27,32)/t13-,15?/m0/s1. The van der Waals surface area contributed by atoms with Crippen LogP contribution in [0.25, 0.3) is 10.9 Å². The highest BCUT2D eigenvalue weighted by Gasteiger charge is 2.24. The molecular formula is C22H30N6O5. The molecule has 0 radical (unpaired) electrons. The molecule has 1 aromatic heterocycles. The molecule has 0 spiro atoms. The van der Waals surface area contributed by atoms with E-state index in [1.54, 1.807) is 38.5 Å². The number of aryl methyl sites for hydroxylation is 1. The average Bonchev–Trinajstić information content (AvgIpc) is 3.07. The van der Waals surface area contributed by atoms with Gasteiger partial charge in [-0.25, -0.2) is 10.2 Å². The van der Waals surface area contributed by atoms with Crippen LogP contribution >= 0.6 is 0 Å². The van der Waals surface area contributed by atoms with Crippen LogP contribution in [0.3, 0.4) is 0 Å². The van der Waals surface area contributed by atoms with Crippen molar-refractivity contribution in [3.8, 4) is 0 Å². The molecule has 0 aliphatic rings. The van der Waals surface area contributed by atoms with Crippen molar-refractivity contribution in [2.45, 2.75) is 51.8 Å². The van der Waals surface area contributed by atoms with Crippen LogP contribution in [0.15, 0.2) is 35.4 Å². The molecule has 0 saturated carbocycles. The molecule has 0 aliphatic carbocycles. The molecule has 178 valence electrons. The molecular weight excluding hydrogens is 428 g/mol. The monoisotopic (exact) mass is 458 g/mol. The lowest BCUT2D eigenvalue weighted by molar-refractivity contribution is -0.125. The third-order valence-corrected chi connectivity index (χ3v) is 4.53. The van der Waals surface area contributed by atoms with E-state index in [1.807, 2.05) is 29.7 Å². The van der Waals surface area contributed by atoms with Gasteiger partial charge in [0.05, 0.1) is 12.5 Å². The summed E-state index contributed by atoms with van der Waals surface area (Å²) in [5.41, 5.74) is 7.68. The molecule has 2 rings (SSSR count). The van der Waals surface area contributed by atoms with Crippen LogP contribution in [0, 0.1) is 0 Å². The van der Waals surface area contributed by atoms with Crippen LogP contribution in [0.2, 0.25) is 0 Å². The summed E-state index contributed by atoms with van der Waals surface area (Å²) < 4.78 is 7.36. The van der Waals surface area contributed by atoms with Crippen LogP contribution in [-0.2, 0) is 21.4 Å². The lowest BCUT2D eigenvalue weighted by Crippen LogP contribution is -2.49. The quantitative estimate of drug-likeness (QED) is 0.202. The third-order valence-electron chi connectivity index (χ3n) is 4.53. The maximum absolute atomic E-state index is 12.7. The number of hydrogen-bond donors (Lipinski definition) is 4. The number of carbonyl (C=O) groups is 4. The van der Waals surface area contributed by atoms with E-state index in [4.69, 9.17) is 10.5 Å². The topological polar surface area (TPSA) is 157 Å². The molecule has 11 nitrogen and oxygen atoms in total. The van der Waals surface area contributed by atoms with Crippen molar-refractivity contribution in [3.63, 3.8) is 0 Å². The van der Waals surface area contributed by atoms with E-state index < -0.39 is 35.5 Å². The predicted molar refractivity (Wildman–Crippen MR) is 123 cm³/mol.